The maximum Gasteiger partial charge on any atom is 0.259 e. The fraction of sp³-hybridized carbons (Fsp3) is 0.0714. The molecule has 2 aromatic rings. The van der Waals surface area contributed by atoms with E-state index >= 15 is 0 Å². The molecule has 1 amide bonds. The largest absolute Gasteiger partial charge is 0.311 e. The molecule has 0 radical (unpaired) electrons. The van der Waals surface area contributed by atoms with E-state index < -0.39 is 0 Å². The van der Waals surface area contributed by atoms with Crippen molar-refractivity contribution in [3.8, 4) is 0 Å². The molecular formula is C14H11BrClNO. The Morgan fingerprint density at radius 2 is 1.72 bits per heavy atom. The van der Waals surface area contributed by atoms with Crippen molar-refractivity contribution in [2.45, 2.75) is 0 Å². The van der Waals surface area contributed by atoms with Crippen molar-refractivity contribution in [2.75, 3.05) is 11.9 Å². The van der Waals surface area contributed by atoms with E-state index in [9.17, 15) is 4.79 Å². The molecule has 0 aromatic heterocycles. The molecule has 0 aliphatic rings. The van der Waals surface area contributed by atoms with Crippen LogP contribution in [0, 0.1) is 0 Å². The van der Waals surface area contributed by atoms with Crippen LogP contribution in [0.15, 0.2) is 53.0 Å². The summed E-state index contributed by atoms with van der Waals surface area (Å²) in [5.41, 5.74) is 1.33. The van der Waals surface area contributed by atoms with Gasteiger partial charge in [0.05, 0.1) is 10.6 Å². The van der Waals surface area contributed by atoms with Crippen molar-refractivity contribution in [3.63, 3.8) is 0 Å². The second-order valence-electron chi connectivity index (χ2n) is 3.82. The molecule has 0 aliphatic carbocycles. The standard InChI is InChI=1S/C14H11BrClNO/c1-17(11-8-6-10(15)7-9-11)14(18)12-4-2-3-5-13(12)16/h2-9H,1H3. The zero-order valence-corrected chi connectivity index (χ0v) is 12.1. The molecule has 2 aromatic carbocycles. The summed E-state index contributed by atoms with van der Waals surface area (Å²) in [5.74, 6) is -0.122. The monoisotopic (exact) mass is 323 g/mol. The molecule has 4 heteroatoms. The lowest BCUT2D eigenvalue weighted by Crippen LogP contribution is -2.26. The smallest absolute Gasteiger partial charge is 0.259 e. The van der Waals surface area contributed by atoms with Crippen LogP contribution in [0.2, 0.25) is 5.02 Å². The first-order valence-corrected chi connectivity index (χ1v) is 6.55. The van der Waals surface area contributed by atoms with Crippen molar-refractivity contribution >= 4 is 39.1 Å². The van der Waals surface area contributed by atoms with Gasteiger partial charge in [-0.05, 0) is 36.4 Å². The summed E-state index contributed by atoms with van der Waals surface area (Å²) in [6, 6.07) is 14.6. The molecule has 18 heavy (non-hydrogen) atoms. The van der Waals surface area contributed by atoms with Crippen LogP contribution in [0.1, 0.15) is 10.4 Å². The summed E-state index contributed by atoms with van der Waals surface area (Å²) in [7, 11) is 1.73. The van der Waals surface area contributed by atoms with Crippen LogP contribution in [0.3, 0.4) is 0 Å². The Balaban J connectivity index is 2.29. The van der Waals surface area contributed by atoms with Crippen LogP contribution in [0.5, 0.6) is 0 Å². The summed E-state index contributed by atoms with van der Waals surface area (Å²) >= 11 is 9.38. The molecule has 0 unspecified atom stereocenters. The predicted octanol–water partition coefficient (Wildman–Crippen LogP) is 4.38. The molecule has 2 rings (SSSR count). The van der Waals surface area contributed by atoms with E-state index in [0.717, 1.165) is 10.2 Å². The van der Waals surface area contributed by atoms with Crippen molar-refractivity contribution in [2.24, 2.45) is 0 Å². The van der Waals surface area contributed by atoms with Crippen LogP contribution in [0.4, 0.5) is 5.69 Å². The van der Waals surface area contributed by atoms with E-state index in [1.807, 2.05) is 24.3 Å². The van der Waals surface area contributed by atoms with Gasteiger partial charge in [-0.1, -0.05) is 39.7 Å². The van der Waals surface area contributed by atoms with Gasteiger partial charge in [-0.25, -0.2) is 0 Å². The van der Waals surface area contributed by atoms with E-state index in [-0.39, 0.29) is 5.91 Å². The number of amides is 1. The number of carbonyl (C=O) groups excluding carboxylic acids is 1. The third kappa shape index (κ3) is 2.74. The van der Waals surface area contributed by atoms with E-state index in [1.54, 1.807) is 36.2 Å². The van der Waals surface area contributed by atoms with E-state index in [2.05, 4.69) is 15.9 Å². The molecule has 0 N–H and O–H groups in total. The van der Waals surface area contributed by atoms with Crippen molar-refractivity contribution in [3.05, 3.63) is 63.6 Å². The van der Waals surface area contributed by atoms with Gasteiger partial charge >= 0.3 is 0 Å². The normalized spacial score (nSPS) is 10.2. The SMILES string of the molecule is CN(C(=O)c1ccccc1Cl)c1ccc(Br)cc1. The molecule has 0 fully saturated rings. The van der Waals surface area contributed by atoms with Gasteiger partial charge in [0.25, 0.3) is 5.91 Å². The van der Waals surface area contributed by atoms with Crippen molar-refractivity contribution in [1.82, 2.24) is 0 Å². The van der Waals surface area contributed by atoms with Crippen LogP contribution in [-0.4, -0.2) is 13.0 Å². The molecule has 0 spiro atoms. The summed E-state index contributed by atoms with van der Waals surface area (Å²) < 4.78 is 0.977. The Bertz CT molecular complexity index is 568. The number of rotatable bonds is 2. The lowest BCUT2D eigenvalue weighted by atomic mass is 10.2. The molecule has 0 heterocycles. The molecule has 2 nitrogen and oxygen atoms in total. The van der Waals surface area contributed by atoms with E-state index in [4.69, 9.17) is 11.6 Å². The number of halogens is 2. The average Bonchev–Trinajstić information content (AvgIpc) is 2.38. The minimum absolute atomic E-state index is 0.122. The minimum Gasteiger partial charge on any atom is -0.311 e. The Hall–Kier alpha value is -1.32. The first-order chi connectivity index (χ1) is 8.59. The second kappa shape index (κ2) is 5.55. The number of hydrogen-bond acceptors (Lipinski definition) is 1. The maximum atomic E-state index is 12.3. The van der Waals surface area contributed by atoms with Gasteiger partial charge in [-0.15, -0.1) is 0 Å². The minimum atomic E-state index is -0.122. The first-order valence-electron chi connectivity index (χ1n) is 5.38. The Morgan fingerprint density at radius 3 is 2.33 bits per heavy atom. The molecule has 0 atom stereocenters. The predicted molar refractivity (Wildman–Crippen MR) is 78.3 cm³/mol. The summed E-state index contributed by atoms with van der Waals surface area (Å²) in [4.78, 5) is 13.9. The Labute approximate surface area is 119 Å². The van der Waals surface area contributed by atoms with Crippen LogP contribution in [-0.2, 0) is 0 Å². The van der Waals surface area contributed by atoms with Gasteiger partial charge in [0, 0.05) is 17.2 Å². The van der Waals surface area contributed by atoms with E-state index in [0.29, 0.717) is 10.6 Å². The van der Waals surface area contributed by atoms with Crippen LogP contribution >= 0.6 is 27.5 Å². The highest BCUT2D eigenvalue weighted by molar-refractivity contribution is 9.10. The first kappa shape index (κ1) is 13.1. The van der Waals surface area contributed by atoms with Gasteiger partial charge in [0.2, 0.25) is 0 Å². The molecule has 0 saturated carbocycles. The molecule has 92 valence electrons. The molecule has 0 aliphatic heterocycles. The fourth-order valence-electron chi connectivity index (χ4n) is 1.60. The zero-order valence-electron chi connectivity index (χ0n) is 9.73. The fourth-order valence-corrected chi connectivity index (χ4v) is 2.08. The number of nitrogens with zero attached hydrogens (tertiary/aromatic N) is 1. The summed E-state index contributed by atoms with van der Waals surface area (Å²) in [5, 5.41) is 0.464. The molecule has 0 bridgehead atoms. The zero-order chi connectivity index (χ0) is 13.1. The lowest BCUT2D eigenvalue weighted by molar-refractivity contribution is 0.0993. The highest BCUT2D eigenvalue weighted by atomic mass is 79.9. The highest BCUT2D eigenvalue weighted by Gasteiger charge is 2.15. The summed E-state index contributed by atoms with van der Waals surface area (Å²) in [6.07, 6.45) is 0. The Kier molecular flexibility index (Phi) is 4.04. The van der Waals surface area contributed by atoms with Crippen LogP contribution < -0.4 is 4.90 Å². The quantitative estimate of drug-likeness (QED) is 0.803. The van der Waals surface area contributed by atoms with Crippen LogP contribution in [0.25, 0.3) is 0 Å². The van der Waals surface area contributed by atoms with E-state index in [1.165, 1.54) is 0 Å². The van der Waals surface area contributed by atoms with Crippen molar-refractivity contribution in [1.29, 1.82) is 0 Å². The topological polar surface area (TPSA) is 20.3 Å². The summed E-state index contributed by atoms with van der Waals surface area (Å²) in [6.45, 7) is 0. The van der Waals surface area contributed by atoms with Crippen molar-refractivity contribution < 1.29 is 4.79 Å². The maximum absolute atomic E-state index is 12.3. The second-order valence-corrected chi connectivity index (χ2v) is 5.14. The van der Waals surface area contributed by atoms with Gasteiger partial charge in [-0.3, -0.25) is 4.79 Å². The molecule has 0 saturated heterocycles. The number of carbonyl (C=O) groups is 1. The van der Waals surface area contributed by atoms with Gasteiger partial charge in [-0.2, -0.15) is 0 Å². The third-order valence-electron chi connectivity index (χ3n) is 2.62. The Morgan fingerprint density at radius 1 is 1.11 bits per heavy atom. The molecular weight excluding hydrogens is 314 g/mol. The highest BCUT2D eigenvalue weighted by Crippen LogP contribution is 2.22. The number of benzene rings is 2. The lowest BCUT2D eigenvalue weighted by Gasteiger charge is -2.18. The number of hydrogen-bond donors (Lipinski definition) is 0. The van der Waals surface area contributed by atoms with Gasteiger partial charge in [0.15, 0.2) is 0 Å². The van der Waals surface area contributed by atoms with Gasteiger partial charge in [0.1, 0.15) is 0 Å². The average molecular weight is 325 g/mol. The van der Waals surface area contributed by atoms with Gasteiger partial charge < -0.3 is 4.90 Å². The third-order valence-corrected chi connectivity index (χ3v) is 3.48. The number of anilines is 1.